The molecule has 8 nitrogen and oxygen atoms in total. The Bertz CT molecular complexity index is 1040. The molecule has 9 heteroatoms. The molecule has 0 heterocycles. The molecule has 0 saturated carbocycles. The molecule has 0 rings (SSSR count). The SMILES string of the molecule is CCCCCCCCCC/C=C\CCCCCCCCCC(=O)NC(COP(=O)([O-])OCC[N+](C)(C)C)C(O)/C=C/CC/C=C/CCCCCCCCCCCCC. The van der Waals surface area contributed by atoms with Crippen molar-refractivity contribution in [3.63, 3.8) is 0 Å². The molecule has 342 valence electrons. The van der Waals surface area contributed by atoms with Crippen LogP contribution < -0.4 is 10.2 Å². The van der Waals surface area contributed by atoms with E-state index in [0.29, 0.717) is 17.4 Å². The second kappa shape index (κ2) is 41.1. The maximum Gasteiger partial charge on any atom is 0.268 e. The molecule has 0 aliphatic carbocycles. The zero-order valence-corrected chi connectivity index (χ0v) is 39.6. The molecule has 0 radical (unpaired) electrons. The second-order valence-electron chi connectivity index (χ2n) is 17.8. The van der Waals surface area contributed by atoms with E-state index in [1.54, 1.807) is 6.08 Å². The molecule has 1 amide bonds. The standard InChI is InChI=1S/C49H95N2O6P/c1-6-8-10-12-14-16-18-20-22-24-25-27-29-31-33-35-37-39-41-43-49(53)50-47(46-57-58(54,55)56-45-44-51(3,4)5)48(52)42-40-38-36-34-32-30-28-26-23-21-19-17-15-13-11-9-7-2/h24-25,32,34,40,42,47-48,52H,6-23,26-31,33,35-39,41,43-46H2,1-5H3,(H-,50,53,54,55)/b25-24-,34-32+,42-40+. The Hall–Kier alpha value is -1.28. The van der Waals surface area contributed by atoms with Crippen LogP contribution in [-0.2, 0) is 18.4 Å². The van der Waals surface area contributed by atoms with Crippen LogP contribution in [0.15, 0.2) is 36.5 Å². The summed E-state index contributed by atoms with van der Waals surface area (Å²) in [6.07, 6.45) is 50.5. The number of aliphatic hydroxyl groups is 1. The lowest BCUT2D eigenvalue weighted by Crippen LogP contribution is -2.45. The lowest BCUT2D eigenvalue weighted by molar-refractivity contribution is -0.870. The van der Waals surface area contributed by atoms with Gasteiger partial charge in [0.15, 0.2) is 0 Å². The van der Waals surface area contributed by atoms with Crippen molar-refractivity contribution in [3.8, 4) is 0 Å². The zero-order chi connectivity index (χ0) is 42.8. The third-order valence-electron chi connectivity index (χ3n) is 10.8. The average Bonchev–Trinajstić information content (AvgIpc) is 3.17. The Morgan fingerprint density at radius 1 is 0.586 bits per heavy atom. The summed E-state index contributed by atoms with van der Waals surface area (Å²) in [6, 6.07) is -0.904. The molecule has 0 aromatic rings. The number of phosphoric ester groups is 1. The fourth-order valence-electron chi connectivity index (χ4n) is 6.93. The van der Waals surface area contributed by atoms with E-state index in [4.69, 9.17) is 9.05 Å². The number of nitrogens with one attached hydrogen (secondary N) is 1. The first kappa shape index (κ1) is 56.7. The van der Waals surface area contributed by atoms with Gasteiger partial charge in [0.1, 0.15) is 13.2 Å². The number of aliphatic hydroxyl groups excluding tert-OH is 1. The number of amides is 1. The number of unbranched alkanes of at least 4 members (excludes halogenated alkanes) is 27. The molecule has 0 spiro atoms. The molecule has 0 aliphatic rings. The Morgan fingerprint density at radius 2 is 0.966 bits per heavy atom. The zero-order valence-electron chi connectivity index (χ0n) is 38.8. The predicted octanol–water partition coefficient (Wildman–Crippen LogP) is 13.2. The van der Waals surface area contributed by atoms with Crippen LogP contribution >= 0.6 is 7.82 Å². The van der Waals surface area contributed by atoms with Crippen molar-refractivity contribution in [2.45, 2.75) is 231 Å². The van der Waals surface area contributed by atoms with Crippen LogP contribution in [0.3, 0.4) is 0 Å². The fourth-order valence-corrected chi connectivity index (χ4v) is 7.65. The normalized spacial score (nSPS) is 14.5. The van der Waals surface area contributed by atoms with Crippen LogP contribution in [0.4, 0.5) is 0 Å². The molecular formula is C49H95N2O6P. The van der Waals surface area contributed by atoms with Crippen LogP contribution in [-0.4, -0.2) is 68.5 Å². The van der Waals surface area contributed by atoms with Gasteiger partial charge < -0.3 is 28.8 Å². The third kappa shape index (κ3) is 42.8. The van der Waals surface area contributed by atoms with Crippen molar-refractivity contribution in [1.29, 1.82) is 0 Å². The van der Waals surface area contributed by atoms with Crippen LogP contribution in [0.1, 0.15) is 219 Å². The highest BCUT2D eigenvalue weighted by Crippen LogP contribution is 2.38. The molecule has 0 aliphatic heterocycles. The summed E-state index contributed by atoms with van der Waals surface area (Å²) in [4.78, 5) is 25.4. The minimum Gasteiger partial charge on any atom is -0.756 e. The molecule has 0 bridgehead atoms. The summed E-state index contributed by atoms with van der Waals surface area (Å²) in [5, 5.41) is 13.8. The topological polar surface area (TPSA) is 108 Å². The van der Waals surface area contributed by atoms with E-state index in [1.165, 1.54) is 161 Å². The van der Waals surface area contributed by atoms with Crippen molar-refractivity contribution in [1.82, 2.24) is 5.32 Å². The number of carbonyl (C=O) groups excluding carboxylic acids is 1. The summed E-state index contributed by atoms with van der Waals surface area (Å²) in [6.45, 7) is 4.63. The Labute approximate surface area is 359 Å². The first-order chi connectivity index (χ1) is 28.0. The van der Waals surface area contributed by atoms with Gasteiger partial charge >= 0.3 is 0 Å². The molecule has 0 aromatic carbocycles. The van der Waals surface area contributed by atoms with Crippen LogP contribution in [0, 0.1) is 0 Å². The number of nitrogens with zero attached hydrogens (tertiary/aromatic N) is 1. The highest BCUT2D eigenvalue weighted by atomic mass is 31.2. The fraction of sp³-hybridized carbons (Fsp3) is 0.857. The lowest BCUT2D eigenvalue weighted by Gasteiger charge is -2.29. The molecule has 0 fully saturated rings. The van der Waals surface area contributed by atoms with E-state index in [9.17, 15) is 19.4 Å². The Balaban J connectivity index is 4.40. The number of quaternary nitrogens is 1. The summed E-state index contributed by atoms with van der Waals surface area (Å²) >= 11 is 0. The molecular weight excluding hydrogens is 744 g/mol. The predicted molar refractivity (Wildman–Crippen MR) is 247 cm³/mol. The van der Waals surface area contributed by atoms with E-state index in [2.05, 4.69) is 43.5 Å². The van der Waals surface area contributed by atoms with E-state index < -0.39 is 26.6 Å². The van der Waals surface area contributed by atoms with Gasteiger partial charge in [-0.25, -0.2) is 0 Å². The van der Waals surface area contributed by atoms with E-state index in [1.807, 2.05) is 27.2 Å². The molecule has 3 unspecified atom stereocenters. The molecule has 0 aromatic heterocycles. The molecule has 2 N–H and O–H groups in total. The minimum atomic E-state index is -4.60. The Kier molecular flexibility index (Phi) is 40.2. The largest absolute Gasteiger partial charge is 0.756 e. The quantitative estimate of drug-likeness (QED) is 0.0274. The van der Waals surface area contributed by atoms with Gasteiger partial charge in [-0.15, -0.1) is 0 Å². The Morgan fingerprint density at radius 3 is 1.40 bits per heavy atom. The van der Waals surface area contributed by atoms with E-state index in [0.717, 1.165) is 38.5 Å². The molecule has 58 heavy (non-hydrogen) atoms. The number of likely N-dealkylation sites (N-methyl/N-ethyl adjacent to an activating group) is 1. The van der Waals surface area contributed by atoms with Crippen molar-refractivity contribution in [2.75, 3.05) is 40.9 Å². The van der Waals surface area contributed by atoms with Crippen molar-refractivity contribution in [3.05, 3.63) is 36.5 Å². The highest BCUT2D eigenvalue weighted by Gasteiger charge is 2.23. The van der Waals surface area contributed by atoms with Crippen molar-refractivity contribution >= 4 is 13.7 Å². The minimum absolute atomic E-state index is 0.00696. The van der Waals surface area contributed by atoms with Gasteiger partial charge in [-0.1, -0.05) is 192 Å². The van der Waals surface area contributed by atoms with Crippen LogP contribution in [0.2, 0.25) is 0 Å². The van der Waals surface area contributed by atoms with Gasteiger partial charge in [-0.3, -0.25) is 9.36 Å². The van der Waals surface area contributed by atoms with Gasteiger partial charge in [-0.2, -0.15) is 0 Å². The van der Waals surface area contributed by atoms with Gasteiger partial charge in [0, 0.05) is 6.42 Å². The number of rotatable bonds is 44. The maximum atomic E-state index is 12.9. The number of carbonyl (C=O) groups is 1. The van der Waals surface area contributed by atoms with Gasteiger partial charge in [0.25, 0.3) is 7.82 Å². The smallest absolute Gasteiger partial charge is 0.268 e. The van der Waals surface area contributed by atoms with Gasteiger partial charge in [-0.05, 0) is 57.8 Å². The highest BCUT2D eigenvalue weighted by molar-refractivity contribution is 7.45. The lowest BCUT2D eigenvalue weighted by atomic mass is 10.1. The average molecular weight is 839 g/mol. The number of allylic oxidation sites excluding steroid dienone is 5. The number of hydrogen-bond donors (Lipinski definition) is 2. The molecule has 3 atom stereocenters. The van der Waals surface area contributed by atoms with Crippen molar-refractivity contribution < 1.29 is 32.9 Å². The number of phosphoric acid groups is 1. The first-order valence-electron chi connectivity index (χ1n) is 24.4. The van der Waals surface area contributed by atoms with E-state index in [-0.39, 0.29) is 12.5 Å². The monoisotopic (exact) mass is 839 g/mol. The number of hydrogen-bond acceptors (Lipinski definition) is 6. The second-order valence-corrected chi connectivity index (χ2v) is 19.2. The molecule has 0 saturated heterocycles. The van der Waals surface area contributed by atoms with Crippen LogP contribution in [0.5, 0.6) is 0 Å². The first-order valence-corrected chi connectivity index (χ1v) is 25.8. The summed E-state index contributed by atoms with van der Waals surface area (Å²) in [5.74, 6) is -0.211. The summed E-state index contributed by atoms with van der Waals surface area (Å²) in [7, 11) is 1.24. The van der Waals surface area contributed by atoms with Crippen molar-refractivity contribution in [2.24, 2.45) is 0 Å². The van der Waals surface area contributed by atoms with E-state index >= 15 is 0 Å². The van der Waals surface area contributed by atoms with Gasteiger partial charge in [0.2, 0.25) is 5.91 Å². The third-order valence-corrected chi connectivity index (χ3v) is 11.8. The maximum absolute atomic E-state index is 12.9. The summed E-state index contributed by atoms with van der Waals surface area (Å²) < 4.78 is 23.2. The summed E-state index contributed by atoms with van der Waals surface area (Å²) in [5.41, 5.74) is 0. The van der Waals surface area contributed by atoms with Crippen LogP contribution in [0.25, 0.3) is 0 Å². The van der Waals surface area contributed by atoms with Gasteiger partial charge in [0.05, 0.1) is 39.9 Å².